The number of aliphatic carboxylic acids is 2. The summed E-state index contributed by atoms with van der Waals surface area (Å²) in [5.41, 5.74) is 4.82. The Labute approximate surface area is 398 Å². The number of amides is 1. The predicted octanol–water partition coefficient (Wildman–Crippen LogP) is 8.96. The number of benzene rings is 3. The Kier molecular flexibility index (Phi) is 15.6. The van der Waals surface area contributed by atoms with Gasteiger partial charge in [-0.3, -0.25) is 9.78 Å². The highest BCUT2D eigenvalue weighted by molar-refractivity contribution is 6.30. The molecule has 4 N–H and O–H groups in total. The molecule has 14 heteroatoms. The molecule has 4 aliphatic rings. The van der Waals surface area contributed by atoms with Gasteiger partial charge in [0.1, 0.15) is 41.5 Å². The van der Waals surface area contributed by atoms with Gasteiger partial charge < -0.3 is 44.5 Å². The first-order valence-corrected chi connectivity index (χ1v) is 24.3. The van der Waals surface area contributed by atoms with Crippen LogP contribution in [0.3, 0.4) is 0 Å². The zero-order valence-corrected chi connectivity index (χ0v) is 39.4. The van der Waals surface area contributed by atoms with E-state index in [1.54, 1.807) is 30.3 Å². The topological polar surface area (TPSA) is 175 Å². The van der Waals surface area contributed by atoms with Gasteiger partial charge in [-0.05, 0) is 153 Å². The molecule has 3 aliphatic carbocycles. The molecule has 1 aromatic heterocycles. The lowest BCUT2D eigenvalue weighted by Crippen LogP contribution is -2.53. The van der Waals surface area contributed by atoms with Crippen molar-refractivity contribution in [3.05, 3.63) is 112 Å². The number of carbonyl (C=O) groups excluding carboxylic acids is 1. The summed E-state index contributed by atoms with van der Waals surface area (Å²) >= 11 is 6.32. The van der Waals surface area contributed by atoms with E-state index >= 15 is 0 Å². The van der Waals surface area contributed by atoms with Crippen LogP contribution in [0.15, 0.2) is 79.0 Å². The fourth-order valence-corrected chi connectivity index (χ4v) is 11.1. The number of hydrogen-bond acceptors (Lipinski definition) is 10. The molecule has 67 heavy (non-hydrogen) atoms. The van der Waals surface area contributed by atoms with Gasteiger partial charge >= 0.3 is 11.9 Å². The Morgan fingerprint density at radius 1 is 0.955 bits per heavy atom. The van der Waals surface area contributed by atoms with Crippen LogP contribution in [0, 0.1) is 11.8 Å². The van der Waals surface area contributed by atoms with Crippen LogP contribution in [0.4, 0.5) is 5.69 Å². The zero-order valence-electron chi connectivity index (χ0n) is 38.6. The second kappa shape index (κ2) is 21.7. The summed E-state index contributed by atoms with van der Waals surface area (Å²) in [5.74, 6) is 0.744. The van der Waals surface area contributed by atoms with E-state index in [4.69, 9.17) is 35.3 Å². The Balaban J connectivity index is 0.905. The monoisotopic (exact) mass is 937 g/mol. The molecular weight excluding hydrogens is 874 g/mol. The molecule has 2 fully saturated rings. The molecule has 4 aromatic rings. The maximum atomic E-state index is 13.1. The van der Waals surface area contributed by atoms with Gasteiger partial charge in [0.2, 0.25) is 5.91 Å². The number of rotatable bonds is 20. The molecule has 0 radical (unpaired) electrons. The number of carboxylic acid groups (broad SMARTS) is 2. The maximum absolute atomic E-state index is 13.1. The van der Waals surface area contributed by atoms with Crippen molar-refractivity contribution >= 4 is 35.1 Å². The van der Waals surface area contributed by atoms with Crippen molar-refractivity contribution in [3.63, 3.8) is 0 Å². The van der Waals surface area contributed by atoms with Gasteiger partial charge in [-0.15, -0.1) is 0 Å². The van der Waals surface area contributed by atoms with Crippen molar-refractivity contribution in [1.29, 1.82) is 0 Å². The van der Waals surface area contributed by atoms with E-state index in [9.17, 15) is 24.6 Å². The second-order valence-electron chi connectivity index (χ2n) is 19.2. The van der Waals surface area contributed by atoms with Crippen LogP contribution in [0.5, 0.6) is 17.2 Å². The van der Waals surface area contributed by atoms with E-state index in [1.165, 1.54) is 16.7 Å². The van der Waals surface area contributed by atoms with Gasteiger partial charge in [-0.2, -0.15) is 0 Å². The largest absolute Gasteiger partial charge is 0.494 e. The van der Waals surface area contributed by atoms with Gasteiger partial charge in [0.15, 0.2) is 0 Å². The van der Waals surface area contributed by atoms with Crippen molar-refractivity contribution < 1.29 is 48.3 Å². The highest BCUT2D eigenvalue weighted by Gasteiger charge is 2.54. The minimum atomic E-state index is -1.15. The Hall–Kier alpha value is -5.37. The Morgan fingerprint density at radius 3 is 2.55 bits per heavy atom. The number of fused-ring (bicyclic) bond motifs is 3. The number of carboxylic acids is 2. The van der Waals surface area contributed by atoms with E-state index in [2.05, 4.69) is 41.6 Å². The van der Waals surface area contributed by atoms with Crippen LogP contribution in [-0.2, 0) is 48.5 Å². The number of nitrogens with one attached hydrogen (secondary N) is 2. The first-order chi connectivity index (χ1) is 32.4. The normalized spacial score (nSPS) is 24.1. The molecule has 1 spiro atoms. The third-order valence-electron chi connectivity index (χ3n) is 14.4. The van der Waals surface area contributed by atoms with Crippen molar-refractivity contribution in [2.45, 2.75) is 120 Å². The van der Waals surface area contributed by atoms with Gasteiger partial charge in [-0.1, -0.05) is 49.7 Å². The molecule has 5 atom stereocenters. The molecule has 8 rings (SSSR count). The first-order valence-electron chi connectivity index (χ1n) is 24.0. The highest BCUT2D eigenvalue weighted by atomic mass is 35.5. The van der Waals surface area contributed by atoms with E-state index < -0.39 is 23.5 Å². The molecule has 0 bridgehead atoms. The molecular formula is C53H64ClN3O10. The summed E-state index contributed by atoms with van der Waals surface area (Å²) in [5, 5.41) is 27.4. The Morgan fingerprint density at radius 2 is 1.78 bits per heavy atom. The smallest absolute Gasteiger partial charge is 0.329 e. The number of hydrogen-bond donors (Lipinski definition) is 4. The molecule has 2 heterocycles. The average Bonchev–Trinajstić information content (AvgIpc) is 3.60. The lowest BCUT2D eigenvalue weighted by Gasteiger charge is -2.47. The number of halogens is 1. The maximum Gasteiger partial charge on any atom is 0.329 e. The van der Waals surface area contributed by atoms with E-state index in [-0.39, 0.29) is 48.7 Å². The van der Waals surface area contributed by atoms with Gasteiger partial charge in [0.25, 0.3) is 0 Å². The zero-order chi connectivity index (χ0) is 47.0. The third-order valence-corrected chi connectivity index (χ3v) is 14.6. The summed E-state index contributed by atoms with van der Waals surface area (Å²) in [6.07, 6.45) is 9.50. The van der Waals surface area contributed by atoms with Crippen LogP contribution in [0.25, 0.3) is 0 Å². The van der Waals surface area contributed by atoms with Crippen molar-refractivity contribution in [3.8, 4) is 17.2 Å². The average molecular weight is 939 g/mol. The van der Waals surface area contributed by atoms with Crippen LogP contribution in [0.1, 0.15) is 106 Å². The molecule has 13 nitrogen and oxygen atoms in total. The molecule has 358 valence electrons. The van der Waals surface area contributed by atoms with Crippen LogP contribution in [-0.4, -0.2) is 90.4 Å². The van der Waals surface area contributed by atoms with E-state index in [0.717, 1.165) is 49.1 Å². The van der Waals surface area contributed by atoms with Gasteiger partial charge in [0, 0.05) is 41.0 Å². The number of anilines is 1. The summed E-state index contributed by atoms with van der Waals surface area (Å²) in [6, 6.07) is 21.6. The molecule has 3 aromatic carbocycles. The molecule has 1 saturated heterocycles. The SMILES string of the molecule is C[C@@H](COc1ccnc2c1[C@H](C)CCC2)C[C@H]1Cc2ccc(OCCCC(=O)N[C@H](Cc3cccc(OC[C@H]4COCCO4)c3)C(=O)O)cc2C12CCC(Nc1cccc(Cl)c1)(C(=O)O)CC2. The molecule has 1 saturated carbocycles. The predicted molar refractivity (Wildman–Crippen MR) is 255 cm³/mol. The van der Waals surface area contributed by atoms with Gasteiger partial charge in [0.05, 0.1) is 33.0 Å². The standard InChI is InChI=1S/C53H64ClN3O10/c1-34(31-67-47-16-21-55-45-12-3-7-35(2)49(45)47)25-38-28-37-14-15-42(30-44(37)52(38)17-19-53(20-18-52,51(61)62)57-40-10-5-9-39(54)29-40)64-22-6-13-48(58)56-46(50(59)60)27-36-8-4-11-41(26-36)66-33-43-32-63-23-24-65-43/h4-5,8-11,14-16,21,26,29-30,34-35,38,43,46,57H,3,6-7,12-13,17-20,22-25,27-28,31-33H2,1-2H3,(H,56,58)(H,59,60)(H,61,62)/t34-,35-,38+,43-,46-,52?,53?/m1/s1. The molecule has 1 amide bonds. The number of pyridine rings is 1. The minimum Gasteiger partial charge on any atom is -0.494 e. The van der Waals surface area contributed by atoms with Crippen LogP contribution in [0.2, 0.25) is 5.02 Å². The number of aryl methyl sites for hydroxylation is 1. The lowest BCUT2D eigenvalue weighted by molar-refractivity contribution is -0.144. The van der Waals surface area contributed by atoms with E-state index in [1.807, 2.05) is 36.5 Å². The number of nitrogens with zero attached hydrogens (tertiary/aromatic N) is 1. The van der Waals surface area contributed by atoms with Crippen molar-refractivity contribution in [1.82, 2.24) is 10.3 Å². The fourth-order valence-electron chi connectivity index (χ4n) is 10.9. The van der Waals surface area contributed by atoms with Gasteiger partial charge in [-0.25, -0.2) is 9.59 Å². The van der Waals surface area contributed by atoms with Crippen LogP contribution >= 0.6 is 11.6 Å². The Bertz CT molecular complexity index is 2360. The van der Waals surface area contributed by atoms with Crippen LogP contribution < -0.4 is 24.8 Å². The summed E-state index contributed by atoms with van der Waals surface area (Å²) in [4.78, 5) is 43.1. The number of aromatic nitrogens is 1. The summed E-state index contributed by atoms with van der Waals surface area (Å²) < 4.78 is 29.9. The fraction of sp³-hybridized carbons (Fsp3) is 0.509. The molecule has 0 unspecified atom stereocenters. The van der Waals surface area contributed by atoms with Crippen molar-refractivity contribution in [2.75, 3.05) is 45.0 Å². The minimum absolute atomic E-state index is 0.0887. The second-order valence-corrected chi connectivity index (χ2v) is 19.6. The molecule has 1 aliphatic heterocycles. The third kappa shape index (κ3) is 11.7. The highest BCUT2D eigenvalue weighted by Crippen LogP contribution is 2.57. The number of ether oxygens (including phenoxy) is 5. The van der Waals surface area contributed by atoms with E-state index in [0.29, 0.717) is 93.3 Å². The lowest BCUT2D eigenvalue weighted by atomic mass is 9.59. The number of carbonyl (C=O) groups is 3. The first kappa shape index (κ1) is 48.1. The van der Waals surface area contributed by atoms with Crippen molar-refractivity contribution in [2.24, 2.45) is 11.8 Å². The summed E-state index contributed by atoms with van der Waals surface area (Å²) in [7, 11) is 0. The quantitative estimate of drug-likeness (QED) is 0.0621. The summed E-state index contributed by atoms with van der Waals surface area (Å²) in [6.45, 7) is 7.20.